The van der Waals surface area contributed by atoms with Crippen LogP contribution in [0.25, 0.3) is 0 Å². The molecule has 3 aromatic rings. The lowest BCUT2D eigenvalue weighted by molar-refractivity contribution is 0.122. The van der Waals surface area contributed by atoms with Gasteiger partial charge in [0.15, 0.2) is 5.82 Å². The summed E-state index contributed by atoms with van der Waals surface area (Å²) in [6.07, 6.45) is 4.10. The fourth-order valence-electron chi connectivity index (χ4n) is 3.23. The molecule has 1 saturated heterocycles. The van der Waals surface area contributed by atoms with E-state index in [1.807, 2.05) is 48.5 Å². The van der Waals surface area contributed by atoms with E-state index >= 15 is 0 Å². The van der Waals surface area contributed by atoms with Gasteiger partial charge < -0.3 is 19.5 Å². The zero-order chi connectivity index (χ0) is 22.0. The quantitative estimate of drug-likeness (QED) is 0.390. The maximum absolute atomic E-state index is 9.29. The van der Waals surface area contributed by atoms with Crippen LogP contribution in [0.15, 0.2) is 59.8 Å². The highest BCUT2D eigenvalue weighted by molar-refractivity contribution is 5.80. The third kappa shape index (κ3) is 6.22. The number of hydrogen-bond donors (Lipinski definition) is 2. The van der Waals surface area contributed by atoms with Gasteiger partial charge in [0.2, 0.25) is 0 Å². The molecule has 0 amide bonds. The largest absolute Gasteiger partial charge is 0.463 e. The molecule has 1 aliphatic rings. The minimum absolute atomic E-state index is 0.0108. The van der Waals surface area contributed by atoms with Crippen molar-refractivity contribution in [3.05, 3.63) is 71.5 Å². The second kappa shape index (κ2) is 11.2. The summed E-state index contributed by atoms with van der Waals surface area (Å²) in [5.41, 5.74) is 5.61. The lowest BCUT2D eigenvalue weighted by atomic mass is 10.1. The summed E-state index contributed by atoms with van der Waals surface area (Å²) in [5.74, 6) is 1.29. The highest BCUT2D eigenvalue weighted by Crippen LogP contribution is 2.21. The summed E-state index contributed by atoms with van der Waals surface area (Å²) in [5, 5.41) is 13.6. The van der Waals surface area contributed by atoms with Gasteiger partial charge in [0.25, 0.3) is 0 Å². The average Bonchev–Trinajstić information content (AvgIpc) is 2.85. The molecule has 9 heteroatoms. The van der Waals surface area contributed by atoms with E-state index in [4.69, 9.17) is 9.47 Å². The Morgan fingerprint density at radius 2 is 2.03 bits per heavy atom. The van der Waals surface area contributed by atoms with Gasteiger partial charge in [-0.1, -0.05) is 24.3 Å². The molecule has 3 heterocycles. The SMILES string of the molecule is OCc1cccc(/C=N/Nc2cc(N3CCOCC3)nc(OCCc3ccccn3)n2)c1. The first-order valence-corrected chi connectivity index (χ1v) is 10.5. The van der Waals surface area contributed by atoms with E-state index < -0.39 is 0 Å². The molecule has 166 valence electrons. The predicted octanol–water partition coefficient (Wildman–Crippen LogP) is 2.27. The third-order valence-corrected chi connectivity index (χ3v) is 4.87. The molecule has 2 N–H and O–H groups in total. The number of hydrogen-bond acceptors (Lipinski definition) is 9. The number of nitrogens with one attached hydrogen (secondary N) is 1. The molecule has 0 saturated carbocycles. The summed E-state index contributed by atoms with van der Waals surface area (Å²) >= 11 is 0. The molecular weight excluding hydrogens is 408 g/mol. The number of nitrogens with zero attached hydrogens (tertiary/aromatic N) is 5. The van der Waals surface area contributed by atoms with Gasteiger partial charge >= 0.3 is 6.01 Å². The van der Waals surface area contributed by atoms with Crippen LogP contribution in [0.5, 0.6) is 6.01 Å². The van der Waals surface area contributed by atoms with Gasteiger partial charge in [-0.05, 0) is 29.3 Å². The Bertz CT molecular complexity index is 1030. The maximum atomic E-state index is 9.29. The molecule has 1 aliphatic heterocycles. The van der Waals surface area contributed by atoms with Crippen molar-refractivity contribution in [2.75, 3.05) is 43.2 Å². The summed E-state index contributed by atoms with van der Waals surface area (Å²) in [7, 11) is 0. The van der Waals surface area contributed by atoms with Gasteiger partial charge in [-0.2, -0.15) is 15.1 Å². The van der Waals surface area contributed by atoms with E-state index in [2.05, 4.69) is 30.4 Å². The Kier molecular flexibility index (Phi) is 7.56. The number of rotatable bonds is 9. The van der Waals surface area contributed by atoms with Crippen molar-refractivity contribution in [2.24, 2.45) is 5.10 Å². The van der Waals surface area contributed by atoms with Gasteiger partial charge in [0.1, 0.15) is 5.82 Å². The van der Waals surface area contributed by atoms with Crippen molar-refractivity contribution in [2.45, 2.75) is 13.0 Å². The lowest BCUT2D eigenvalue weighted by Gasteiger charge is -2.28. The molecule has 0 atom stereocenters. The number of ether oxygens (including phenoxy) is 2. The minimum Gasteiger partial charge on any atom is -0.463 e. The fraction of sp³-hybridized carbons (Fsp3) is 0.304. The van der Waals surface area contributed by atoms with Crippen molar-refractivity contribution in [1.82, 2.24) is 15.0 Å². The lowest BCUT2D eigenvalue weighted by Crippen LogP contribution is -2.36. The topological polar surface area (TPSA) is 105 Å². The smallest absolute Gasteiger partial charge is 0.320 e. The molecule has 1 fully saturated rings. The van der Waals surface area contributed by atoms with Crippen molar-refractivity contribution in [1.29, 1.82) is 0 Å². The van der Waals surface area contributed by atoms with Crippen LogP contribution in [0.3, 0.4) is 0 Å². The summed E-state index contributed by atoms with van der Waals surface area (Å²) in [6.45, 7) is 3.22. The van der Waals surface area contributed by atoms with Crippen LogP contribution in [0, 0.1) is 0 Å². The molecule has 0 bridgehead atoms. The Morgan fingerprint density at radius 1 is 1.12 bits per heavy atom. The van der Waals surface area contributed by atoms with E-state index in [0.717, 1.165) is 35.7 Å². The number of anilines is 2. The monoisotopic (exact) mass is 434 g/mol. The Morgan fingerprint density at radius 3 is 2.84 bits per heavy atom. The molecule has 0 aliphatic carbocycles. The number of aliphatic hydroxyl groups is 1. The zero-order valence-corrected chi connectivity index (χ0v) is 17.7. The molecule has 0 spiro atoms. The van der Waals surface area contributed by atoms with E-state index in [0.29, 0.717) is 32.1 Å². The van der Waals surface area contributed by atoms with Crippen LogP contribution in [0.1, 0.15) is 16.8 Å². The second-order valence-electron chi connectivity index (χ2n) is 7.19. The Labute approximate surface area is 186 Å². The minimum atomic E-state index is -0.0108. The molecule has 1 aromatic carbocycles. The van der Waals surface area contributed by atoms with E-state index in [-0.39, 0.29) is 12.6 Å². The van der Waals surface area contributed by atoms with E-state index in [9.17, 15) is 5.11 Å². The van der Waals surface area contributed by atoms with Gasteiger partial charge in [-0.3, -0.25) is 10.4 Å². The normalized spacial score (nSPS) is 14.0. The van der Waals surface area contributed by atoms with Crippen LogP contribution < -0.4 is 15.1 Å². The van der Waals surface area contributed by atoms with Gasteiger partial charge in [0.05, 0.1) is 32.6 Å². The summed E-state index contributed by atoms with van der Waals surface area (Å²) < 4.78 is 11.3. The van der Waals surface area contributed by atoms with Crippen LogP contribution >= 0.6 is 0 Å². The summed E-state index contributed by atoms with van der Waals surface area (Å²) in [4.78, 5) is 15.5. The molecule has 0 unspecified atom stereocenters. The molecular formula is C23H26N6O3. The Hall–Kier alpha value is -3.56. The predicted molar refractivity (Wildman–Crippen MR) is 122 cm³/mol. The zero-order valence-electron chi connectivity index (χ0n) is 17.7. The third-order valence-electron chi connectivity index (χ3n) is 4.87. The van der Waals surface area contributed by atoms with E-state index in [1.165, 1.54) is 0 Å². The second-order valence-corrected chi connectivity index (χ2v) is 7.19. The van der Waals surface area contributed by atoms with Crippen LogP contribution in [-0.4, -0.2) is 59.2 Å². The highest BCUT2D eigenvalue weighted by atomic mass is 16.5. The highest BCUT2D eigenvalue weighted by Gasteiger charge is 2.15. The maximum Gasteiger partial charge on any atom is 0.320 e. The number of morpholine rings is 1. The number of benzene rings is 1. The molecule has 0 radical (unpaired) electrons. The van der Waals surface area contributed by atoms with Crippen molar-refractivity contribution >= 4 is 17.9 Å². The Balaban J connectivity index is 1.46. The number of hydrazone groups is 1. The molecule has 32 heavy (non-hydrogen) atoms. The first kappa shape index (κ1) is 21.7. The van der Waals surface area contributed by atoms with Crippen molar-refractivity contribution in [3.8, 4) is 6.01 Å². The molecule has 4 rings (SSSR count). The van der Waals surface area contributed by atoms with Crippen LogP contribution in [-0.2, 0) is 17.8 Å². The van der Waals surface area contributed by atoms with Crippen LogP contribution in [0.2, 0.25) is 0 Å². The molecule has 2 aromatic heterocycles. The van der Waals surface area contributed by atoms with Gasteiger partial charge in [-0.25, -0.2) is 0 Å². The number of pyridine rings is 1. The first-order chi connectivity index (χ1) is 15.8. The number of aliphatic hydroxyl groups excluding tert-OH is 1. The van der Waals surface area contributed by atoms with Gasteiger partial charge in [-0.15, -0.1) is 0 Å². The number of aromatic nitrogens is 3. The van der Waals surface area contributed by atoms with Crippen molar-refractivity contribution < 1.29 is 14.6 Å². The average molecular weight is 435 g/mol. The van der Waals surface area contributed by atoms with E-state index in [1.54, 1.807) is 12.4 Å². The van der Waals surface area contributed by atoms with Crippen molar-refractivity contribution in [3.63, 3.8) is 0 Å². The first-order valence-electron chi connectivity index (χ1n) is 10.5. The fourth-order valence-corrected chi connectivity index (χ4v) is 3.23. The summed E-state index contributed by atoms with van der Waals surface area (Å²) in [6, 6.07) is 15.4. The van der Waals surface area contributed by atoms with Crippen LogP contribution in [0.4, 0.5) is 11.6 Å². The standard InChI is InChI=1S/C23H26N6O3/c30-17-19-5-3-4-18(14-19)16-25-28-21-15-22(29-9-12-31-13-10-29)27-23(26-21)32-11-7-20-6-1-2-8-24-20/h1-6,8,14-16,30H,7,9-13,17H2,(H,26,27,28)/b25-16+. The van der Waals surface area contributed by atoms with Gasteiger partial charge in [0, 0.05) is 37.5 Å². The molecule has 9 nitrogen and oxygen atoms in total.